The molecular formula is C16H15BrClFO2. The highest BCUT2D eigenvalue weighted by Crippen LogP contribution is 2.43. The predicted octanol–water partition coefficient (Wildman–Crippen LogP) is 5.24. The SMILES string of the molecule is COc1ccc(C(Cl)c2ccc(F)c(C)c2)c(OC)c1Br. The van der Waals surface area contributed by atoms with Gasteiger partial charge in [-0.15, -0.1) is 11.6 Å². The van der Waals surface area contributed by atoms with Gasteiger partial charge in [-0.25, -0.2) is 4.39 Å². The minimum atomic E-state index is -0.443. The third-order valence-corrected chi connectivity index (χ3v) is 4.50. The van der Waals surface area contributed by atoms with Gasteiger partial charge in [0.05, 0.1) is 19.6 Å². The van der Waals surface area contributed by atoms with E-state index in [0.717, 1.165) is 11.1 Å². The largest absolute Gasteiger partial charge is 0.495 e. The lowest BCUT2D eigenvalue weighted by atomic mass is 10.0. The Morgan fingerprint density at radius 1 is 1.14 bits per heavy atom. The van der Waals surface area contributed by atoms with E-state index in [9.17, 15) is 4.39 Å². The summed E-state index contributed by atoms with van der Waals surface area (Å²) < 4.78 is 24.8. The first-order chi connectivity index (χ1) is 9.99. The monoisotopic (exact) mass is 372 g/mol. The summed E-state index contributed by atoms with van der Waals surface area (Å²) in [5.74, 6) is 1.02. The van der Waals surface area contributed by atoms with E-state index in [1.165, 1.54) is 6.07 Å². The van der Waals surface area contributed by atoms with Crippen LogP contribution in [0, 0.1) is 12.7 Å². The van der Waals surface area contributed by atoms with Gasteiger partial charge in [0.2, 0.25) is 0 Å². The van der Waals surface area contributed by atoms with E-state index in [4.69, 9.17) is 21.1 Å². The van der Waals surface area contributed by atoms with E-state index in [0.29, 0.717) is 21.5 Å². The maximum atomic E-state index is 13.4. The van der Waals surface area contributed by atoms with E-state index >= 15 is 0 Å². The Morgan fingerprint density at radius 3 is 2.43 bits per heavy atom. The summed E-state index contributed by atoms with van der Waals surface area (Å²) in [6.45, 7) is 1.71. The molecule has 21 heavy (non-hydrogen) atoms. The van der Waals surface area contributed by atoms with Gasteiger partial charge in [0.15, 0.2) is 0 Å². The highest BCUT2D eigenvalue weighted by Gasteiger charge is 2.20. The molecule has 0 fully saturated rings. The van der Waals surface area contributed by atoms with Gasteiger partial charge in [-0.3, -0.25) is 0 Å². The molecule has 2 aromatic rings. The maximum Gasteiger partial charge on any atom is 0.141 e. The van der Waals surface area contributed by atoms with Gasteiger partial charge in [0.25, 0.3) is 0 Å². The molecule has 0 aliphatic heterocycles. The summed E-state index contributed by atoms with van der Waals surface area (Å²) in [7, 11) is 3.16. The number of benzene rings is 2. The van der Waals surface area contributed by atoms with Crippen LogP contribution in [0.1, 0.15) is 22.1 Å². The smallest absolute Gasteiger partial charge is 0.141 e. The number of hydrogen-bond acceptors (Lipinski definition) is 2. The van der Waals surface area contributed by atoms with Crippen molar-refractivity contribution in [2.45, 2.75) is 12.3 Å². The fraction of sp³-hybridized carbons (Fsp3) is 0.250. The zero-order valence-electron chi connectivity index (χ0n) is 11.9. The van der Waals surface area contributed by atoms with Crippen LogP contribution in [0.15, 0.2) is 34.8 Å². The molecule has 0 amide bonds. The Morgan fingerprint density at radius 2 is 1.86 bits per heavy atom. The van der Waals surface area contributed by atoms with Crippen molar-refractivity contribution in [1.29, 1.82) is 0 Å². The number of rotatable bonds is 4. The van der Waals surface area contributed by atoms with Crippen molar-refractivity contribution < 1.29 is 13.9 Å². The van der Waals surface area contributed by atoms with Gasteiger partial charge in [0.1, 0.15) is 21.8 Å². The van der Waals surface area contributed by atoms with Crippen LogP contribution in [0.3, 0.4) is 0 Å². The van der Waals surface area contributed by atoms with Crippen LogP contribution in [0.5, 0.6) is 11.5 Å². The van der Waals surface area contributed by atoms with Gasteiger partial charge < -0.3 is 9.47 Å². The fourth-order valence-corrected chi connectivity index (χ4v) is 3.12. The summed E-state index contributed by atoms with van der Waals surface area (Å²) in [5, 5.41) is -0.443. The van der Waals surface area contributed by atoms with Crippen LogP contribution < -0.4 is 9.47 Å². The normalized spacial score (nSPS) is 12.1. The van der Waals surface area contributed by atoms with Crippen molar-refractivity contribution in [1.82, 2.24) is 0 Å². The van der Waals surface area contributed by atoms with Gasteiger partial charge in [-0.1, -0.05) is 12.1 Å². The summed E-state index contributed by atoms with van der Waals surface area (Å²) in [6.07, 6.45) is 0. The minimum absolute atomic E-state index is 0.245. The molecule has 0 N–H and O–H groups in total. The van der Waals surface area contributed by atoms with Crippen molar-refractivity contribution in [2.75, 3.05) is 14.2 Å². The molecule has 0 aliphatic carbocycles. The number of aryl methyl sites for hydroxylation is 1. The first-order valence-corrected chi connectivity index (χ1v) is 7.53. The summed E-state index contributed by atoms with van der Waals surface area (Å²) in [6, 6.07) is 8.50. The van der Waals surface area contributed by atoms with Gasteiger partial charge in [0, 0.05) is 5.56 Å². The zero-order chi connectivity index (χ0) is 15.6. The average molecular weight is 374 g/mol. The lowest BCUT2D eigenvalue weighted by Gasteiger charge is -2.18. The number of methoxy groups -OCH3 is 2. The lowest BCUT2D eigenvalue weighted by Crippen LogP contribution is -2.00. The summed E-state index contributed by atoms with van der Waals surface area (Å²) in [4.78, 5) is 0. The topological polar surface area (TPSA) is 18.5 Å². The Hall–Kier alpha value is -1.26. The van der Waals surface area contributed by atoms with Crippen LogP contribution in [-0.4, -0.2) is 14.2 Å². The number of halogens is 3. The zero-order valence-corrected chi connectivity index (χ0v) is 14.3. The number of hydrogen-bond donors (Lipinski definition) is 0. The van der Waals surface area contributed by atoms with Crippen molar-refractivity contribution in [2.24, 2.45) is 0 Å². The summed E-state index contributed by atoms with van der Waals surface area (Å²) in [5.41, 5.74) is 2.16. The van der Waals surface area contributed by atoms with Gasteiger partial charge >= 0.3 is 0 Å². The fourth-order valence-electron chi connectivity index (χ4n) is 2.12. The van der Waals surface area contributed by atoms with Crippen molar-refractivity contribution in [3.63, 3.8) is 0 Å². The molecular weight excluding hydrogens is 359 g/mol. The van der Waals surface area contributed by atoms with Crippen LogP contribution in [-0.2, 0) is 0 Å². The molecule has 0 heterocycles. The Bertz CT molecular complexity index is 661. The highest BCUT2D eigenvalue weighted by atomic mass is 79.9. The predicted molar refractivity (Wildman–Crippen MR) is 86.1 cm³/mol. The van der Waals surface area contributed by atoms with E-state index in [2.05, 4.69) is 15.9 Å². The van der Waals surface area contributed by atoms with Crippen LogP contribution in [0.25, 0.3) is 0 Å². The van der Waals surface area contributed by atoms with Gasteiger partial charge in [-0.2, -0.15) is 0 Å². The molecule has 0 bridgehead atoms. The van der Waals surface area contributed by atoms with E-state index in [1.807, 2.05) is 12.1 Å². The van der Waals surface area contributed by atoms with Crippen LogP contribution >= 0.6 is 27.5 Å². The number of ether oxygens (including phenoxy) is 2. The average Bonchev–Trinajstić information content (AvgIpc) is 2.49. The molecule has 0 saturated carbocycles. The third kappa shape index (κ3) is 3.16. The highest BCUT2D eigenvalue weighted by molar-refractivity contribution is 9.10. The van der Waals surface area contributed by atoms with E-state index in [-0.39, 0.29) is 5.82 Å². The molecule has 0 radical (unpaired) electrons. The first kappa shape index (κ1) is 16.1. The molecule has 5 heteroatoms. The van der Waals surface area contributed by atoms with Crippen LogP contribution in [0.2, 0.25) is 0 Å². The summed E-state index contributed by atoms with van der Waals surface area (Å²) >= 11 is 9.99. The molecule has 0 saturated heterocycles. The van der Waals surface area contributed by atoms with Crippen molar-refractivity contribution in [3.8, 4) is 11.5 Å². The van der Waals surface area contributed by atoms with E-state index in [1.54, 1.807) is 33.3 Å². The molecule has 0 spiro atoms. The Kier molecular flexibility index (Phi) is 5.12. The second-order valence-corrected chi connectivity index (χ2v) is 5.80. The molecule has 112 valence electrons. The Balaban J connectivity index is 2.50. The molecule has 2 nitrogen and oxygen atoms in total. The molecule has 0 aromatic heterocycles. The second kappa shape index (κ2) is 6.67. The second-order valence-electron chi connectivity index (χ2n) is 4.58. The third-order valence-electron chi connectivity index (χ3n) is 3.26. The molecule has 1 atom stereocenters. The van der Waals surface area contributed by atoms with Gasteiger partial charge in [-0.05, 0) is 52.2 Å². The molecule has 1 unspecified atom stereocenters. The van der Waals surface area contributed by atoms with E-state index < -0.39 is 5.38 Å². The quantitative estimate of drug-likeness (QED) is 0.682. The molecule has 0 aliphatic rings. The van der Waals surface area contributed by atoms with Crippen molar-refractivity contribution >= 4 is 27.5 Å². The maximum absolute atomic E-state index is 13.4. The Labute approximate surface area is 137 Å². The standard InChI is InChI=1S/C16H15BrClFO2/c1-9-8-10(4-6-12(9)19)15(18)11-5-7-13(20-2)14(17)16(11)21-3/h4-8,15H,1-3H3. The first-order valence-electron chi connectivity index (χ1n) is 6.30. The lowest BCUT2D eigenvalue weighted by molar-refractivity contribution is 0.386. The van der Waals surface area contributed by atoms with Crippen molar-refractivity contribution in [3.05, 3.63) is 57.3 Å². The molecule has 2 aromatic carbocycles. The number of alkyl halides is 1. The molecule has 2 rings (SSSR count). The minimum Gasteiger partial charge on any atom is -0.495 e. The van der Waals surface area contributed by atoms with Crippen LogP contribution in [0.4, 0.5) is 4.39 Å².